The van der Waals surface area contributed by atoms with Gasteiger partial charge in [0.1, 0.15) is 11.9 Å². The smallest absolute Gasteiger partial charge is 0.121 e. The number of piperidine rings is 1. The first-order valence-electron chi connectivity index (χ1n) is 7.82. The van der Waals surface area contributed by atoms with Crippen LogP contribution in [0.15, 0.2) is 24.3 Å². The van der Waals surface area contributed by atoms with Gasteiger partial charge in [-0.25, -0.2) is 0 Å². The quantitative estimate of drug-likeness (QED) is 0.801. The van der Waals surface area contributed by atoms with Crippen molar-refractivity contribution in [1.29, 1.82) is 0 Å². The molecule has 21 heavy (non-hydrogen) atoms. The van der Waals surface area contributed by atoms with Gasteiger partial charge in [-0.2, -0.15) is 0 Å². The topological polar surface area (TPSA) is 15.7 Å². The second-order valence-corrected chi connectivity index (χ2v) is 6.79. The number of rotatable bonds is 6. The van der Waals surface area contributed by atoms with Crippen molar-refractivity contribution in [3.63, 3.8) is 0 Å². The predicted octanol–water partition coefficient (Wildman–Crippen LogP) is 3.38. The summed E-state index contributed by atoms with van der Waals surface area (Å²) in [7, 11) is 4.40. The van der Waals surface area contributed by atoms with Crippen molar-refractivity contribution in [2.45, 2.75) is 25.9 Å². The van der Waals surface area contributed by atoms with Crippen LogP contribution in [0.4, 0.5) is 0 Å². The molecule has 0 bridgehead atoms. The van der Waals surface area contributed by atoms with E-state index in [-0.39, 0.29) is 6.10 Å². The molecule has 0 N–H and O–H groups in total. The Morgan fingerprint density at radius 3 is 2.76 bits per heavy atom. The Balaban J connectivity index is 1.73. The summed E-state index contributed by atoms with van der Waals surface area (Å²) >= 11 is 5.98. The molecule has 1 fully saturated rings. The summed E-state index contributed by atoms with van der Waals surface area (Å²) in [5.41, 5.74) is 0. The van der Waals surface area contributed by atoms with Crippen molar-refractivity contribution in [2.24, 2.45) is 5.92 Å². The van der Waals surface area contributed by atoms with E-state index < -0.39 is 0 Å². The molecule has 3 nitrogen and oxygen atoms in total. The number of likely N-dealkylation sites (tertiary alicyclic amines) is 1. The monoisotopic (exact) mass is 310 g/mol. The molecule has 4 heteroatoms. The van der Waals surface area contributed by atoms with Crippen LogP contribution in [-0.4, -0.2) is 56.2 Å². The van der Waals surface area contributed by atoms with Crippen LogP contribution >= 0.6 is 11.6 Å². The van der Waals surface area contributed by atoms with E-state index in [0.717, 1.165) is 29.8 Å². The van der Waals surface area contributed by atoms with E-state index in [1.165, 1.54) is 25.9 Å². The molecule has 0 saturated carbocycles. The van der Waals surface area contributed by atoms with Gasteiger partial charge in [-0.05, 0) is 71.1 Å². The van der Waals surface area contributed by atoms with Gasteiger partial charge in [-0.3, -0.25) is 0 Å². The van der Waals surface area contributed by atoms with Crippen LogP contribution in [0.1, 0.15) is 19.8 Å². The first-order valence-corrected chi connectivity index (χ1v) is 8.20. The number of ether oxygens (including phenoxy) is 1. The first kappa shape index (κ1) is 16.6. The molecular formula is C17H27ClN2O. The minimum atomic E-state index is 0.166. The Morgan fingerprint density at radius 2 is 2.10 bits per heavy atom. The Bertz CT molecular complexity index is 433. The Labute approximate surface area is 133 Å². The average Bonchev–Trinajstić information content (AvgIpc) is 2.41. The van der Waals surface area contributed by atoms with Crippen LogP contribution in [0.3, 0.4) is 0 Å². The fraction of sp³-hybridized carbons (Fsp3) is 0.647. The van der Waals surface area contributed by atoms with Gasteiger partial charge >= 0.3 is 0 Å². The largest absolute Gasteiger partial charge is 0.489 e. The molecule has 1 aromatic carbocycles. The lowest BCUT2D eigenvalue weighted by molar-refractivity contribution is 0.130. The fourth-order valence-electron chi connectivity index (χ4n) is 3.01. The van der Waals surface area contributed by atoms with E-state index in [4.69, 9.17) is 16.3 Å². The Morgan fingerprint density at radius 1 is 1.38 bits per heavy atom. The minimum absolute atomic E-state index is 0.166. The molecule has 0 amide bonds. The van der Waals surface area contributed by atoms with Crippen molar-refractivity contribution in [1.82, 2.24) is 9.80 Å². The van der Waals surface area contributed by atoms with E-state index in [0.29, 0.717) is 0 Å². The van der Waals surface area contributed by atoms with Crippen LogP contribution < -0.4 is 4.74 Å². The van der Waals surface area contributed by atoms with Crippen molar-refractivity contribution >= 4 is 11.6 Å². The first-order chi connectivity index (χ1) is 10.0. The molecule has 0 aromatic heterocycles. The lowest BCUT2D eigenvalue weighted by atomic mass is 9.96. The van der Waals surface area contributed by atoms with Gasteiger partial charge in [0.15, 0.2) is 0 Å². The van der Waals surface area contributed by atoms with E-state index in [1.807, 2.05) is 24.3 Å². The van der Waals surface area contributed by atoms with Gasteiger partial charge in [0, 0.05) is 18.1 Å². The molecule has 1 aliphatic heterocycles. The highest BCUT2D eigenvalue weighted by atomic mass is 35.5. The van der Waals surface area contributed by atoms with E-state index in [1.54, 1.807) is 0 Å². The van der Waals surface area contributed by atoms with E-state index in [9.17, 15) is 0 Å². The van der Waals surface area contributed by atoms with Crippen LogP contribution in [0.5, 0.6) is 5.75 Å². The molecule has 118 valence electrons. The minimum Gasteiger partial charge on any atom is -0.489 e. The highest BCUT2D eigenvalue weighted by Gasteiger charge is 2.19. The maximum Gasteiger partial charge on any atom is 0.121 e. The lowest BCUT2D eigenvalue weighted by Gasteiger charge is -2.32. The molecule has 1 heterocycles. The van der Waals surface area contributed by atoms with E-state index >= 15 is 0 Å². The molecule has 1 aliphatic rings. The number of hydrogen-bond acceptors (Lipinski definition) is 3. The molecule has 0 aliphatic carbocycles. The highest BCUT2D eigenvalue weighted by Crippen LogP contribution is 2.19. The van der Waals surface area contributed by atoms with Gasteiger partial charge in [-0.1, -0.05) is 17.7 Å². The number of nitrogens with zero attached hydrogens (tertiary/aromatic N) is 2. The van der Waals surface area contributed by atoms with Crippen LogP contribution in [0.2, 0.25) is 5.02 Å². The number of likely N-dealkylation sites (N-methyl/N-ethyl adjacent to an activating group) is 1. The number of benzene rings is 1. The van der Waals surface area contributed by atoms with Gasteiger partial charge < -0.3 is 14.5 Å². The van der Waals surface area contributed by atoms with Crippen molar-refractivity contribution in [2.75, 3.05) is 40.3 Å². The zero-order valence-electron chi connectivity index (χ0n) is 13.4. The molecular weight excluding hydrogens is 284 g/mol. The molecule has 0 spiro atoms. The summed E-state index contributed by atoms with van der Waals surface area (Å²) in [6.07, 6.45) is 2.79. The summed E-state index contributed by atoms with van der Waals surface area (Å²) in [6, 6.07) is 7.62. The summed E-state index contributed by atoms with van der Waals surface area (Å²) < 4.78 is 5.94. The Kier molecular flexibility index (Phi) is 6.34. The predicted molar refractivity (Wildman–Crippen MR) is 89.3 cm³/mol. The van der Waals surface area contributed by atoms with Gasteiger partial charge in [-0.15, -0.1) is 0 Å². The van der Waals surface area contributed by atoms with Crippen molar-refractivity contribution < 1.29 is 4.74 Å². The normalized spacial score (nSPS) is 18.9. The van der Waals surface area contributed by atoms with Crippen molar-refractivity contribution in [3.05, 3.63) is 29.3 Å². The zero-order chi connectivity index (χ0) is 15.2. The second-order valence-electron chi connectivity index (χ2n) is 6.35. The Hall–Kier alpha value is -0.770. The second kappa shape index (κ2) is 8.02. The molecule has 1 aromatic rings. The third-order valence-electron chi connectivity index (χ3n) is 4.11. The van der Waals surface area contributed by atoms with E-state index in [2.05, 4.69) is 30.8 Å². The van der Waals surface area contributed by atoms with Crippen LogP contribution in [-0.2, 0) is 0 Å². The van der Waals surface area contributed by atoms with Gasteiger partial charge in [0.25, 0.3) is 0 Å². The molecule has 0 radical (unpaired) electrons. The average molecular weight is 311 g/mol. The van der Waals surface area contributed by atoms with Crippen LogP contribution in [0, 0.1) is 5.92 Å². The third kappa shape index (κ3) is 5.85. The van der Waals surface area contributed by atoms with Gasteiger partial charge in [0.2, 0.25) is 0 Å². The molecule has 0 unspecified atom stereocenters. The van der Waals surface area contributed by atoms with Gasteiger partial charge in [0.05, 0.1) is 0 Å². The molecule has 2 rings (SSSR count). The number of halogens is 1. The summed E-state index contributed by atoms with van der Waals surface area (Å²) in [5.74, 6) is 1.67. The van der Waals surface area contributed by atoms with Crippen LogP contribution in [0.25, 0.3) is 0 Å². The molecule has 1 atom stereocenters. The lowest BCUT2D eigenvalue weighted by Crippen LogP contribution is -2.38. The maximum atomic E-state index is 5.98. The summed E-state index contributed by atoms with van der Waals surface area (Å²) in [6.45, 7) is 6.68. The fourth-order valence-corrected chi connectivity index (χ4v) is 3.19. The number of hydrogen-bond donors (Lipinski definition) is 0. The highest BCUT2D eigenvalue weighted by molar-refractivity contribution is 6.30. The SMILES string of the molecule is C[C@@H](CN(C)CC1CCN(C)CC1)Oc1cccc(Cl)c1. The summed E-state index contributed by atoms with van der Waals surface area (Å²) in [5, 5.41) is 0.722. The standard InChI is InChI=1S/C17H27ClN2O/c1-14(21-17-6-4-5-16(18)11-17)12-20(3)13-15-7-9-19(2)10-8-15/h4-6,11,14-15H,7-10,12-13H2,1-3H3/t14-/m0/s1. The van der Waals surface area contributed by atoms with Crippen molar-refractivity contribution in [3.8, 4) is 5.75 Å². The maximum absolute atomic E-state index is 5.98. The summed E-state index contributed by atoms with van der Waals surface area (Å²) in [4.78, 5) is 4.81. The third-order valence-corrected chi connectivity index (χ3v) is 4.35. The zero-order valence-corrected chi connectivity index (χ0v) is 14.1. The molecule has 1 saturated heterocycles.